The van der Waals surface area contributed by atoms with Gasteiger partial charge in [-0.3, -0.25) is 14.6 Å². The molecule has 6 rings (SSSR count). The number of benzene rings is 1. The molecule has 1 N–H and O–H groups in total. The van der Waals surface area contributed by atoms with Crippen LogP contribution in [0, 0.1) is 5.92 Å². The summed E-state index contributed by atoms with van der Waals surface area (Å²) in [4.78, 5) is 34.4. The fourth-order valence-corrected chi connectivity index (χ4v) is 6.07. The van der Waals surface area contributed by atoms with Crippen LogP contribution in [-0.4, -0.2) is 28.0 Å². The number of Topliss-reactive ketones (excluding diaryl/α,β-unsaturated/α-hetero) is 1. The molecule has 1 fully saturated rings. The van der Waals surface area contributed by atoms with Crippen molar-refractivity contribution < 1.29 is 14.7 Å². The van der Waals surface area contributed by atoms with Gasteiger partial charge in [0.2, 0.25) is 5.91 Å². The molecule has 5 heteroatoms. The lowest BCUT2D eigenvalue weighted by atomic mass is 9.87. The van der Waals surface area contributed by atoms with Crippen molar-refractivity contribution in [2.75, 3.05) is 0 Å². The lowest BCUT2D eigenvalue weighted by Gasteiger charge is -2.17. The third kappa shape index (κ3) is 4.55. The monoisotopic (exact) mass is 490 g/mol. The summed E-state index contributed by atoms with van der Waals surface area (Å²) in [6, 6.07) is 10.3. The molecule has 4 aliphatic rings. The Kier molecular flexibility index (Phi) is 5.86. The van der Waals surface area contributed by atoms with Gasteiger partial charge in [0.1, 0.15) is 5.76 Å². The molecule has 37 heavy (non-hydrogen) atoms. The Labute approximate surface area is 217 Å². The Morgan fingerprint density at radius 2 is 1.97 bits per heavy atom. The minimum Gasteiger partial charge on any atom is -0.508 e. The number of aliphatic hydroxyl groups is 1. The number of aliphatic imine (C=N–C) groups is 1. The molecule has 1 saturated carbocycles. The quantitative estimate of drug-likeness (QED) is 0.492. The van der Waals surface area contributed by atoms with E-state index in [2.05, 4.69) is 29.8 Å². The Morgan fingerprint density at radius 1 is 1.11 bits per heavy atom. The zero-order chi connectivity index (χ0) is 25.6. The predicted molar refractivity (Wildman–Crippen MR) is 145 cm³/mol. The molecule has 3 aliphatic carbocycles. The second kappa shape index (κ2) is 9.22. The standard InChI is InChI=1S/C32H30N2O3/c1-20-5-8-25(35)15-24(14-20)23-7-10-29(34-19-23)27-18-32(11-12-32)28-9-6-22(16-26(27)28)31(37)21-4-2-3-13-33-30(36)17-21/h5-10,13-16,19,21,27,35H,1-4,11-12,17-18H2. The molecule has 1 aromatic heterocycles. The molecule has 186 valence electrons. The Hall–Kier alpha value is -3.86. The van der Waals surface area contributed by atoms with Crippen LogP contribution in [-0.2, 0) is 10.2 Å². The SMILES string of the molecule is C=C1C=CC(O)=CC(c2ccc(C3CC4(CC4)c4ccc(C(=O)C5CCCC=NC(=O)C5)cc43)nc2)=C1. The van der Waals surface area contributed by atoms with Gasteiger partial charge in [-0.2, -0.15) is 0 Å². The van der Waals surface area contributed by atoms with Crippen LogP contribution in [0.5, 0.6) is 0 Å². The Balaban J connectivity index is 1.30. The van der Waals surface area contributed by atoms with Crippen LogP contribution in [0.4, 0.5) is 0 Å². The number of hydrogen-bond donors (Lipinski definition) is 1. The van der Waals surface area contributed by atoms with Crippen LogP contribution in [0.2, 0.25) is 0 Å². The van der Waals surface area contributed by atoms with E-state index in [0.29, 0.717) is 12.0 Å². The first kappa shape index (κ1) is 23.5. The average molecular weight is 491 g/mol. The van der Waals surface area contributed by atoms with Crippen molar-refractivity contribution in [3.8, 4) is 0 Å². The number of carbonyl (C=O) groups excluding carboxylic acids is 2. The van der Waals surface area contributed by atoms with Crippen molar-refractivity contribution in [2.24, 2.45) is 10.9 Å². The smallest absolute Gasteiger partial charge is 0.246 e. The number of pyridine rings is 1. The van der Waals surface area contributed by atoms with Crippen molar-refractivity contribution in [1.29, 1.82) is 0 Å². The second-order valence-corrected chi connectivity index (χ2v) is 10.8. The molecular weight excluding hydrogens is 460 g/mol. The van der Waals surface area contributed by atoms with Gasteiger partial charge >= 0.3 is 0 Å². The number of aromatic nitrogens is 1. The summed E-state index contributed by atoms with van der Waals surface area (Å²) in [6.45, 7) is 4.00. The minimum atomic E-state index is -0.309. The number of fused-ring (bicyclic) bond motifs is 2. The van der Waals surface area contributed by atoms with Gasteiger partial charge in [-0.05, 0) is 96.6 Å². The number of allylic oxidation sites excluding steroid dienone is 6. The molecule has 0 saturated heterocycles. The van der Waals surface area contributed by atoms with Gasteiger partial charge in [0, 0.05) is 47.5 Å². The van der Waals surface area contributed by atoms with Gasteiger partial charge in [-0.1, -0.05) is 30.9 Å². The summed E-state index contributed by atoms with van der Waals surface area (Å²) in [6.07, 6.45) is 16.5. The summed E-state index contributed by atoms with van der Waals surface area (Å²) in [5, 5.41) is 10.1. The van der Waals surface area contributed by atoms with E-state index in [9.17, 15) is 14.7 Å². The molecule has 1 amide bonds. The van der Waals surface area contributed by atoms with Gasteiger partial charge in [0.15, 0.2) is 5.78 Å². The summed E-state index contributed by atoms with van der Waals surface area (Å²) >= 11 is 0. The first-order chi connectivity index (χ1) is 17.9. The zero-order valence-corrected chi connectivity index (χ0v) is 20.8. The summed E-state index contributed by atoms with van der Waals surface area (Å²) < 4.78 is 0. The molecule has 5 nitrogen and oxygen atoms in total. The highest BCUT2D eigenvalue weighted by atomic mass is 16.3. The minimum absolute atomic E-state index is 0.0489. The maximum Gasteiger partial charge on any atom is 0.246 e. The van der Waals surface area contributed by atoms with Crippen LogP contribution < -0.4 is 0 Å². The van der Waals surface area contributed by atoms with Crippen LogP contribution in [0.15, 0.2) is 83.7 Å². The fraction of sp³-hybridized carbons (Fsp3) is 0.312. The molecule has 0 radical (unpaired) electrons. The molecule has 1 spiro atoms. The van der Waals surface area contributed by atoms with E-state index in [1.165, 1.54) is 24.0 Å². The average Bonchev–Trinajstić information content (AvgIpc) is 3.63. The second-order valence-electron chi connectivity index (χ2n) is 10.8. The van der Waals surface area contributed by atoms with Crippen molar-refractivity contribution >= 4 is 23.5 Å². The normalized spacial score (nSPS) is 24.1. The molecule has 2 unspecified atom stereocenters. The van der Waals surface area contributed by atoms with Gasteiger partial charge in [-0.15, -0.1) is 0 Å². The first-order valence-electron chi connectivity index (χ1n) is 13.1. The summed E-state index contributed by atoms with van der Waals surface area (Å²) in [7, 11) is 0. The number of hydrogen-bond acceptors (Lipinski definition) is 4. The Morgan fingerprint density at radius 3 is 2.76 bits per heavy atom. The van der Waals surface area contributed by atoms with Gasteiger partial charge in [-0.25, -0.2) is 4.99 Å². The summed E-state index contributed by atoms with van der Waals surface area (Å²) in [5.74, 6) is -0.148. The zero-order valence-electron chi connectivity index (χ0n) is 20.8. The predicted octanol–water partition coefficient (Wildman–Crippen LogP) is 6.57. The van der Waals surface area contributed by atoms with Gasteiger partial charge in [0.05, 0.1) is 0 Å². The molecule has 1 aliphatic heterocycles. The fourth-order valence-electron chi connectivity index (χ4n) is 6.07. The highest BCUT2D eigenvalue weighted by Crippen LogP contribution is 2.62. The number of aliphatic hydroxyl groups excluding tert-OH is 1. The first-order valence-corrected chi connectivity index (χ1v) is 13.1. The largest absolute Gasteiger partial charge is 0.508 e. The molecule has 2 atom stereocenters. The maximum atomic E-state index is 13.5. The third-order valence-corrected chi connectivity index (χ3v) is 8.23. The molecule has 0 bridgehead atoms. The number of nitrogens with zero attached hydrogens (tertiary/aromatic N) is 2. The van der Waals surface area contributed by atoms with Gasteiger partial charge < -0.3 is 5.11 Å². The van der Waals surface area contributed by atoms with E-state index < -0.39 is 0 Å². The van der Waals surface area contributed by atoms with Crippen LogP contribution in [0.3, 0.4) is 0 Å². The summed E-state index contributed by atoms with van der Waals surface area (Å²) in [5.41, 5.74) is 7.03. The number of carbonyl (C=O) groups is 2. The number of ketones is 1. The highest BCUT2D eigenvalue weighted by molar-refractivity contribution is 6.01. The van der Waals surface area contributed by atoms with E-state index in [0.717, 1.165) is 41.7 Å². The number of rotatable bonds is 4. The van der Waals surface area contributed by atoms with Crippen LogP contribution in [0.1, 0.15) is 83.6 Å². The van der Waals surface area contributed by atoms with Crippen LogP contribution >= 0.6 is 0 Å². The van der Waals surface area contributed by atoms with E-state index in [1.54, 1.807) is 24.4 Å². The maximum absolute atomic E-state index is 13.5. The van der Waals surface area contributed by atoms with E-state index in [1.807, 2.05) is 24.4 Å². The van der Waals surface area contributed by atoms with Crippen molar-refractivity contribution in [3.63, 3.8) is 0 Å². The highest BCUT2D eigenvalue weighted by Gasteiger charge is 2.52. The van der Waals surface area contributed by atoms with Crippen molar-refractivity contribution in [2.45, 2.75) is 56.3 Å². The number of amides is 1. The molecule has 2 heterocycles. The van der Waals surface area contributed by atoms with E-state index in [-0.39, 0.29) is 41.1 Å². The lowest BCUT2D eigenvalue weighted by molar-refractivity contribution is -0.118. The third-order valence-electron chi connectivity index (χ3n) is 8.23. The molecule has 1 aromatic carbocycles. The Bertz CT molecular complexity index is 1420. The lowest BCUT2D eigenvalue weighted by Crippen LogP contribution is -2.20. The van der Waals surface area contributed by atoms with Crippen molar-refractivity contribution in [1.82, 2.24) is 4.98 Å². The van der Waals surface area contributed by atoms with Crippen LogP contribution in [0.25, 0.3) is 5.57 Å². The molecule has 2 aromatic rings. The van der Waals surface area contributed by atoms with E-state index >= 15 is 0 Å². The van der Waals surface area contributed by atoms with E-state index in [4.69, 9.17) is 4.98 Å². The van der Waals surface area contributed by atoms with Gasteiger partial charge in [0.25, 0.3) is 0 Å². The van der Waals surface area contributed by atoms with Crippen molar-refractivity contribution in [3.05, 3.63) is 107 Å². The molecular formula is C32H30N2O3. The topological polar surface area (TPSA) is 79.6 Å².